The van der Waals surface area contributed by atoms with Gasteiger partial charge in [-0.1, -0.05) is 0 Å². The van der Waals surface area contributed by atoms with Crippen molar-refractivity contribution < 1.29 is 17.9 Å². The van der Waals surface area contributed by atoms with Crippen molar-refractivity contribution in [1.29, 1.82) is 0 Å². The van der Waals surface area contributed by atoms with Crippen molar-refractivity contribution in [3.8, 4) is 5.75 Å². The zero-order valence-electron chi connectivity index (χ0n) is 11.0. The summed E-state index contributed by atoms with van der Waals surface area (Å²) < 4.78 is 29.3. The lowest BCUT2D eigenvalue weighted by Crippen LogP contribution is -2.43. The van der Waals surface area contributed by atoms with E-state index >= 15 is 0 Å². The van der Waals surface area contributed by atoms with Gasteiger partial charge in [-0.05, 0) is 60.2 Å². The van der Waals surface area contributed by atoms with Crippen molar-refractivity contribution in [3.63, 3.8) is 0 Å². The quantitative estimate of drug-likeness (QED) is 0.763. The van der Waals surface area contributed by atoms with Crippen molar-refractivity contribution in [2.75, 3.05) is 11.5 Å². The Labute approximate surface area is 132 Å². The second-order valence-electron chi connectivity index (χ2n) is 4.82. The fourth-order valence-corrected chi connectivity index (χ4v) is 4.03. The van der Waals surface area contributed by atoms with Crippen molar-refractivity contribution in [3.05, 3.63) is 27.8 Å². The van der Waals surface area contributed by atoms with E-state index in [1.54, 1.807) is 19.1 Å². The fourth-order valence-electron chi connectivity index (χ4n) is 2.00. The van der Waals surface area contributed by atoms with Crippen LogP contribution in [0.2, 0.25) is 0 Å². The Morgan fingerprint density at radius 2 is 2.05 bits per heavy atom. The van der Waals surface area contributed by atoms with Crippen molar-refractivity contribution >= 4 is 38.3 Å². The minimum absolute atomic E-state index is 0.0228. The highest BCUT2D eigenvalue weighted by molar-refractivity contribution is 14.1. The highest BCUT2D eigenvalue weighted by Gasteiger charge is 2.30. The summed E-state index contributed by atoms with van der Waals surface area (Å²) in [6, 6.07) is 7.08. The van der Waals surface area contributed by atoms with Crippen molar-refractivity contribution in [2.24, 2.45) is 0 Å². The monoisotopic (exact) mass is 409 g/mol. The maximum absolute atomic E-state index is 11.9. The van der Waals surface area contributed by atoms with Crippen LogP contribution in [-0.4, -0.2) is 38.0 Å². The first-order valence-corrected chi connectivity index (χ1v) is 9.19. The number of sulfone groups is 1. The van der Waals surface area contributed by atoms with Gasteiger partial charge in [0.2, 0.25) is 0 Å². The molecule has 1 aliphatic rings. The van der Waals surface area contributed by atoms with Gasteiger partial charge in [-0.25, -0.2) is 8.42 Å². The number of halogens is 1. The molecule has 0 aromatic heterocycles. The van der Waals surface area contributed by atoms with Gasteiger partial charge >= 0.3 is 0 Å². The lowest BCUT2D eigenvalue weighted by atomic mass is 10.2. The van der Waals surface area contributed by atoms with E-state index < -0.39 is 15.9 Å². The average Bonchev–Trinajstić information content (AvgIpc) is 2.71. The van der Waals surface area contributed by atoms with Crippen LogP contribution in [0.15, 0.2) is 24.3 Å². The van der Waals surface area contributed by atoms with Crippen LogP contribution >= 0.6 is 22.6 Å². The summed E-state index contributed by atoms with van der Waals surface area (Å²) >= 11 is 2.19. The Bertz CT molecular complexity index is 585. The molecule has 1 aromatic rings. The molecule has 7 heteroatoms. The van der Waals surface area contributed by atoms with Gasteiger partial charge in [-0.15, -0.1) is 0 Å². The zero-order valence-corrected chi connectivity index (χ0v) is 14.0. The molecule has 0 aliphatic carbocycles. The topological polar surface area (TPSA) is 72.5 Å². The van der Waals surface area contributed by atoms with E-state index in [-0.39, 0.29) is 23.5 Å². The molecule has 2 atom stereocenters. The van der Waals surface area contributed by atoms with Gasteiger partial charge in [-0.3, -0.25) is 4.79 Å². The number of amides is 1. The smallest absolute Gasteiger partial charge is 0.261 e. The summed E-state index contributed by atoms with van der Waals surface area (Å²) in [5, 5.41) is 2.72. The molecule has 0 bridgehead atoms. The molecule has 1 aromatic carbocycles. The largest absolute Gasteiger partial charge is 0.481 e. The molecular weight excluding hydrogens is 393 g/mol. The first-order chi connectivity index (χ1) is 9.35. The maximum atomic E-state index is 11.9. The molecule has 2 rings (SSSR count). The second-order valence-corrected chi connectivity index (χ2v) is 8.30. The Morgan fingerprint density at radius 3 is 2.60 bits per heavy atom. The highest BCUT2D eigenvalue weighted by Crippen LogP contribution is 2.16. The predicted molar refractivity (Wildman–Crippen MR) is 84.5 cm³/mol. The Balaban J connectivity index is 1.88. The minimum Gasteiger partial charge on any atom is -0.481 e. The van der Waals surface area contributed by atoms with E-state index in [9.17, 15) is 13.2 Å². The molecule has 1 amide bonds. The normalized spacial score (nSPS) is 22.2. The number of hydrogen-bond acceptors (Lipinski definition) is 4. The molecule has 0 unspecified atom stereocenters. The van der Waals surface area contributed by atoms with E-state index in [0.717, 1.165) is 3.57 Å². The maximum Gasteiger partial charge on any atom is 0.261 e. The van der Waals surface area contributed by atoms with Gasteiger partial charge in [0, 0.05) is 9.61 Å². The van der Waals surface area contributed by atoms with Crippen LogP contribution in [-0.2, 0) is 14.6 Å². The first-order valence-electron chi connectivity index (χ1n) is 6.29. The number of ether oxygens (including phenoxy) is 1. The Morgan fingerprint density at radius 1 is 1.40 bits per heavy atom. The molecule has 1 N–H and O–H groups in total. The van der Waals surface area contributed by atoms with Crippen LogP contribution in [0.3, 0.4) is 0 Å². The molecule has 0 spiro atoms. The molecule has 110 valence electrons. The van der Waals surface area contributed by atoms with Gasteiger partial charge in [0.05, 0.1) is 11.5 Å². The molecule has 5 nitrogen and oxygen atoms in total. The van der Waals surface area contributed by atoms with E-state index in [2.05, 4.69) is 27.9 Å². The third-order valence-electron chi connectivity index (χ3n) is 3.07. The van der Waals surface area contributed by atoms with Crippen molar-refractivity contribution in [2.45, 2.75) is 25.5 Å². The number of carbonyl (C=O) groups excluding carboxylic acids is 1. The molecule has 1 saturated heterocycles. The van der Waals surface area contributed by atoms with Gasteiger partial charge < -0.3 is 10.1 Å². The number of hydrogen-bond donors (Lipinski definition) is 1. The molecule has 0 radical (unpaired) electrons. The van der Waals surface area contributed by atoms with Crippen LogP contribution in [0.5, 0.6) is 5.75 Å². The second kappa shape index (κ2) is 6.30. The number of rotatable bonds is 4. The Hall–Kier alpha value is -0.830. The number of carbonyl (C=O) groups is 1. The summed E-state index contributed by atoms with van der Waals surface area (Å²) in [6.07, 6.45) is -0.178. The van der Waals surface area contributed by atoms with Crippen LogP contribution in [0, 0.1) is 3.57 Å². The molecular formula is C13H16INO4S. The zero-order chi connectivity index (χ0) is 14.8. The Kier molecular flexibility index (Phi) is 4.90. The van der Waals surface area contributed by atoms with Crippen LogP contribution in [0.25, 0.3) is 0 Å². The number of benzene rings is 1. The minimum atomic E-state index is -2.99. The molecule has 1 aliphatic heterocycles. The molecule has 0 saturated carbocycles. The summed E-state index contributed by atoms with van der Waals surface area (Å²) in [6.45, 7) is 1.65. The van der Waals surface area contributed by atoms with E-state index in [0.29, 0.717) is 12.2 Å². The summed E-state index contributed by atoms with van der Waals surface area (Å²) in [5.74, 6) is 0.497. The van der Waals surface area contributed by atoms with Gasteiger partial charge in [0.1, 0.15) is 5.75 Å². The van der Waals surface area contributed by atoms with E-state index in [1.165, 1.54) is 0 Å². The average molecular weight is 409 g/mol. The molecule has 1 fully saturated rings. The SMILES string of the molecule is C[C@@H](Oc1ccc(I)cc1)C(=O)N[C@H]1CCS(=O)(=O)C1. The summed E-state index contributed by atoms with van der Waals surface area (Å²) in [4.78, 5) is 11.9. The number of nitrogens with one attached hydrogen (secondary N) is 1. The van der Waals surface area contributed by atoms with Crippen molar-refractivity contribution in [1.82, 2.24) is 5.32 Å². The molecule has 1 heterocycles. The van der Waals surface area contributed by atoms with Gasteiger partial charge in [0.25, 0.3) is 5.91 Å². The van der Waals surface area contributed by atoms with E-state index in [4.69, 9.17) is 4.74 Å². The van der Waals surface area contributed by atoms with Gasteiger partial charge in [0.15, 0.2) is 15.9 Å². The van der Waals surface area contributed by atoms with Crippen LogP contribution < -0.4 is 10.1 Å². The molecule has 20 heavy (non-hydrogen) atoms. The highest BCUT2D eigenvalue weighted by atomic mass is 127. The summed E-state index contributed by atoms with van der Waals surface area (Å²) in [7, 11) is -2.99. The fraction of sp³-hybridized carbons (Fsp3) is 0.462. The first kappa shape index (κ1) is 15.6. The third-order valence-corrected chi connectivity index (χ3v) is 5.56. The predicted octanol–water partition coefficient (Wildman–Crippen LogP) is 1.36. The lowest BCUT2D eigenvalue weighted by molar-refractivity contribution is -0.127. The van der Waals surface area contributed by atoms with Crippen LogP contribution in [0.4, 0.5) is 0 Å². The van der Waals surface area contributed by atoms with Crippen LogP contribution in [0.1, 0.15) is 13.3 Å². The third kappa shape index (κ3) is 4.34. The van der Waals surface area contributed by atoms with E-state index in [1.807, 2.05) is 12.1 Å². The summed E-state index contributed by atoms with van der Waals surface area (Å²) in [5.41, 5.74) is 0. The standard InChI is InChI=1S/C13H16INO4S/c1-9(19-12-4-2-10(14)3-5-12)13(16)15-11-6-7-20(17,18)8-11/h2-5,9,11H,6-8H2,1H3,(H,15,16)/t9-,11+/m1/s1. The lowest BCUT2D eigenvalue weighted by Gasteiger charge is -2.17. The van der Waals surface area contributed by atoms with Gasteiger partial charge in [-0.2, -0.15) is 0 Å².